The minimum atomic E-state index is -0.226. The predicted molar refractivity (Wildman–Crippen MR) is 93.7 cm³/mol. The number of hydrogen-bond donors (Lipinski definition) is 2. The van der Waals surface area contributed by atoms with Crippen molar-refractivity contribution in [1.82, 2.24) is 15.5 Å². The van der Waals surface area contributed by atoms with Gasteiger partial charge in [-0.3, -0.25) is 9.59 Å². The summed E-state index contributed by atoms with van der Waals surface area (Å²) in [6.45, 7) is 2.27. The number of rotatable bonds is 5. The lowest BCUT2D eigenvalue weighted by Gasteiger charge is -2.15. The van der Waals surface area contributed by atoms with E-state index in [1.165, 1.54) is 0 Å². The van der Waals surface area contributed by atoms with Gasteiger partial charge in [-0.15, -0.1) is 0 Å². The van der Waals surface area contributed by atoms with E-state index in [0.717, 1.165) is 17.4 Å². The van der Waals surface area contributed by atoms with Crippen LogP contribution in [0, 0.1) is 0 Å². The topological polar surface area (TPSA) is 74.8 Å². The molecule has 0 spiro atoms. The molecule has 0 aliphatic heterocycles. The summed E-state index contributed by atoms with van der Waals surface area (Å²) >= 11 is 0. The lowest BCUT2D eigenvalue weighted by Crippen LogP contribution is -2.29. The standard InChI is InChI=1S/C19H19N3O2/c1-2-14(13-8-4-3-5-9-13)18(23)20-12-17-15-10-6-7-11-16(15)19(24)22-21-17/h3-11,14H,2,12H2,1H3,(H,20,23)(H,22,24). The van der Waals surface area contributed by atoms with E-state index in [4.69, 9.17) is 0 Å². The lowest BCUT2D eigenvalue weighted by molar-refractivity contribution is -0.122. The molecule has 24 heavy (non-hydrogen) atoms. The Morgan fingerprint density at radius 2 is 1.75 bits per heavy atom. The Kier molecular flexibility index (Phi) is 4.70. The molecule has 0 bridgehead atoms. The first-order valence-corrected chi connectivity index (χ1v) is 7.99. The van der Waals surface area contributed by atoms with Crippen molar-refractivity contribution in [1.29, 1.82) is 0 Å². The van der Waals surface area contributed by atoms with E-state index in [9.17, 15) is 9.59 Å². The Labute approximate surface area is 139 Å². The number of carbonyl (C=O) groups excluding carboxylic acids is 1. The second kappa shape index (κ2) is 7.08. The lowest BCUT2D eigenvalue weighted by atomic mass is 9.95. The molecule has 1 atom stereocenters. The maximum Gasteiger partial charge on any atom is 0.272 e. The Hall–Kier alpha value is -2.95. The Balaban J connectivity index is 1.79. The second-order valence-corrected chi connectivity index (χ2v) is 5.63. The van der Waals surface area contributed by atoms with Crippen LogP contribution in [0.2, 0.25) is 0 Å². The van der Waals surface area contributed by atoms with Gasteiger partial charge in [0.15, 0.2) is 0 Å². The predicted octanol–water partition coefficient (Wildman–Crippen LogP) is 2.73. The van der Waals surface area contributed by atoms with Crippen LogP contribution in [0.15, 0.2) is 59.4 Å². The van der Waals surface area contributed by atoms with E-state index in [0.29, 0.717) is 11.1 Å². The number of H-pyrrole nitrogens is 1. The van der Waals surface area contributed by atoms with E-state index in [1.54, 1.807) is 6.07 Å². The molecule has 5 nitrogen and oxygen atoms in total. The van der Waals surface area contributed by atoms with Gasteiger partial charge in [-0.1, -0.05) is 55.5 Å². The Morgan fingerprint density at radius 1 is 1.08 bits per heavy atom. The summed E-state index contributed by atoms with van der Waals surface area (Å²) in [5.74, 6) is -0.235. The van der Waals surface area contributed by atoms with Crippen LogP contribution in [0.3, 0.4) is 0 Å². The molecule has 3 rings (SSSR count). The second-order valence-electron chi connectivity index (χ2n) is 5.63. The van der Waals surface area contributed by atoms with Crippen molar-refractivity contribution in [2.75, 3.05) is 0 Å². The normalized spacial score (nSPS) is 12.0. The number of carbonyl (C=O) groups is 1. The maximum atomic E-state index is 12.5. The van der Waals surface area contributed by atoms with Crippen LogP contribution in [0.1, 0.15) is 30.5 Å². The zero-order valence-electron chi connectivity index (χ0n) is 13.5. The average molecular weight is 321 g/mol. The van der Waals surface area contributed by atoms with Crippen molar-refractivity contribution in [3.05, 3.63) is 76.2 Å². The van der Waals surface area contributed by atoms with E-state index in [-0.39, 0.29) is 23.9 Å². The summed E-state index contributed by atoms with van der Waals surface area (Å²) in [6, 6.07) is 17.0. The van der Waals surface area contributed by atoms with Crippen molar-refractivity contribution in [3.63, 3.8) is 0 Å². The Bertz CT molecular complexity index is 903. The summed E-state index contributed by atoms with van der Waals surface area (Å²) in [7, 11) is 0. The largest absolute Gasteiger partial charge is 0.350 e. The quantitative estimate of drug-likeness (QED) is 0.759. The third-order valence-corrected chi connectivity index (χ3v) is 4.13. The van der Waals surface area contributed by atoms with Gasteiger partial charge in [0, 0.05) is 5.39 Å². The summed E-state index contributed by atoms with van der Waals surface area (Å²) in [5.41, 5.74) is 1.43. The first kappa shape index (κ1) is 15.9. The van der Waals surface area contributed by atoms with Crippen molar-refractivity contribution in [3.8, 4) is 0 Å². The molecule has 1 heterocycles. The fourth-order valence-electron chi connectivity index (χ4n) is 2.86. The van der Waals surface area contributed by atoms with Gasteiger partial charge in [0.1, 0.15) is 0 Å². The molecule has 0 aliphatic carbocycles. The monoisotopic (exact) mass is 321 g/mol. The van der Waals surface area contributed by atoms with Crippen LogP contribution in [-0.2, 0) is 11.3 Å². The highest BCUT2D eigenvalue weighted by Crippen LogP contribution is 2.19. The SMILES string of the molecule is CCC(C(=O)NCc1n[nH]c(=O)c2ccccc12)c1ccccc1. The number of aromatic amines is 1. The minimum Gasteiger partial charge on any atom is -0.350 e. The molecule has 1 unspecified atom stereocenters. The third-order valence-electron chi connectivity index (χ3n) is 4.13. The molecule has 1 amide bonds. The first-order valence-electron chi connectivity index (χ1n) is 7.99. The fourth-order valence-corrected chi connectivity index (χ4v) is 2.86. The molecular weight excluding hydrogens is 302 g/mol. The summed E-state index contributed by atoms with van der Waals surface area (Å²) in [4.78, 5) is 24.3. The van der Waals surface area contributed by atoms with E-state index in [1.807, 2.05) is 55.5 Å². The first-order chi connectivity index (χ1) is 11.7. The van der Waals surface area contributed by atoms with E-state index >= 15 is 0 Å². The van der Waals surface area contributed by atoms with Gasteiger partial charge in [-0.05, 0) is 18.1 Å². The number of hydrogen-bond acceptors (Lipinski definition) is 3. The van der Waals surface area contributed by atoms with Gasteiger partial charge in [-0.25, -0.2) is 5.10 Å². The number of benzene rings is 2. The van der Waals surface area contributed by atoms with Crippen LogP contribution in [0.4, 0.5) is 0 Å². The van der Waals surface area contributed by atoms with Crippen molar-refractivity contribution >= 4 is 16.7 Å². The highest BCUT2D eigenvalue weighted by atomic mass is 16.2. The molecule has 0 saturated heterocycles. The molecule has 2 N–H and O–H groups in total. The van der Waals surface area contributed by atoms with Crippen LogP contribution >= 0.6 is 0 Å². The van der Waals surface area contributed by atoms with Crippen molar-refractivity contribution in [2.24, 2.45) is 0 Å². The van der Waals surface area contributed by atoms with Gasteiger partial charge in [0.25, 0.3) is 5.56 Å². The maximum absolute atomic E-state index is 12.5. The van der Waals surface area contributed by atoms with Crippen LogP contribution in [0.5, 0.6) is 0 Å². The molecular formula is C19H19N3O2. The molecule has 0 radical (unpaired) electrons. The molecule has 122 valence electrons. The number of aromatic nitrogens is 2. The van der Waals surface area contributed by atoms with Crippen LogP contribution in [0.25, 0.3) is 10.8 Å². The molecule has 1 aromatic heterocycles. The van der Waals surface area contributed by atoms with Gasteiger partial charge in [0.05, 0.1) is 23.5 Å². The zero-order valence-corrected chi connectivity index (χ0v) is 13.5. The highest BCUT2D eigenvalue weighted by molar-refractivity contribution is 5.85. The number of fused-ring (bicyclic) bond motifs is 1. The average Bonchev–Trinajstić information content (AvgIpc) is 2.63. The van der Waals surface area contributed by atoms with Gasteiger partial charge < -0.3 is 5.32 Å². The fraction of sp³-hybridized carbons (Fsp3) is 0.211. The molecule has 3 aromatic rings. The number of amides is 1. The molecule has 5 heteroatoms. The van der Waals surface area contributed by atoms with Crippen LogP contribution < -0.4 is 10.9 Å². The highest BCUT2D eigenvalue weighted by Gasteiger charge is 2.18. The smallest absolute Gasteiger partial charge is 0.272 e. The summed E-state index contributed by atoms with van der Waals surface area (Å²) in [6.07, 6.45) is 0.718. The van der Waals surface area contributed by atoms with Gasteiger partial charge >= 0.3 is 0 Å². The van der Waals surface area contributed by atoms with E-state index in [2.05, 4.69) is 15.5 Å². The van der Waals surface area contributed by atoms with Gasteiger partial charge in [-0.2, -0.15) is 5.10 Å². The summed E-state index contributed by atoms with van der Waals surface area (Å²) in [5, 5.41) is 10.8. The molecule has 0 saturated carbocycles. The zero-order chi connectivity index (χ0) is 16.9. The Morgan fingerprint density at radius 3 is 2.46 bits per heavy atom. The summed E-state index contributed by atoms with van der Waals surface area (Å²) < 4.78 is 0. The molecule has 0 aliphatic rings. The van der Waals surface area contributed by atoms with Crippen LogP contribution in [-0.4, -0.2) is 16.1 Å². The number of nitrogens with zero attached hydrogens (tertiary/aromatic N) is 1. The third kappa shape index (κ3) is 3.20. The molecule has 0 fully saturated rings. The van der Waals surface area contributed by atoms with Gasteiger partial charge in [0.2, 0.25) is 5.91 Å². The van der Waals surface area contributed by atoms with Crippen molar-refractivity contribution in [2.45, 2.75) is 25.8 Å². The van der Waals surface area contributed by atoms with E-state index < -0.39 is 0 Å². The minimum absolute atomic E-state index is 0.0409. The number of nitrogens with one attached hydrogen (secondary N) is 2. The molecule has 2 aromatic carbocycles. The van der Waals surface area contributed by atoms with Crippen molar-refractivity contribution < 1.29 is 4.79 Å².